The molecule has 0 saturated heterocycles. The van der Waals surface area contributed by atoms with Gasteiger partial charge in [-0.2, -0.15) is 5.26 Å². The second kappa shape index (κ2) is 7.32. The molecule has 7 heteroatoms. The molecular formula is C19H35NO4Si2. The quantitative estimate of drug-likeness (QED) is 0.721. The zero-order valence-electron chi connectivity index (χ0n) is 17.9. The third kappa shape index (κ3) is 4.73. The van der Waals surface area contributed by atoms with Gasteiger partial charge in [0.1, 0.15) is 18.3 Å². The summed E-state index contributed by atoms with van der Waals surface area (Å²) < 4.78 is 12.9. The van der Waals surface area contributed by atoms with E-state index in [2.05, 4.69) is 73.8 Å². The molecule has 0 aromatic rings. The highest BCUT2D eigenvalue weighted by Gasteiger charge is 2.50. The third-order valence-corrected chi connectivity index (χ3v) is 15.0. The molecule has 5 nitrogen and oxygen atoms in total. The maximum Gasteiger partial charge on any atom is 0.193 e. The predicted octanol–water partition coefficient (Wildman–Crippen LogP) is 4.16. The van der Waals surface area contributed by atoms with Gasteiger partial charge in [0.25, 0.3) is 0 Å². The summed E-state index contributed by atoms with van der Waals surface area (Å²) in [5.41, 5.74) is 0.244. The summed E-state index contributed by atoms with van der Waals surface area (Å²) in [6, 6.07) is 2.10. The van der Waals surface area contributed by atoms with E-state index in [1.165, 1.54) is 6.08 Å². The number of nitriles is 1. The van der Waals surface area contributed by atoms with E-state index in [-0.39, 0.29) is 15.6 Å². The van der Waals surface area contributed by atoms with Crippen LogP contribution in [0.3, 0.4) is 0 Å². The van der Waals surface area contributed by atoms with Crippen LogP contribution >= 0.6 is 0 Å². The van der Waals surface area contributed by atoms with E-state index in [4.69, 9.17) is 8.85 Å². The zero-order valence-corrected chi connectivity index (χ0v) is 19.9. The minimum absolute atomic E-state index is 0.0680. The number of aliphatic hydroxyl groups excluding tert-OH is 1. The summed E-state index contributed by atoms with van der Waals surface area (Å²) in [6.45, 7) is 21.0. The number of aliphatic hydroxyl groups is 1. The lowest BCUT2D eigenvalue weighted by molar-refractivity contribution is -0.132. The van der Waals surface area contributed by atoms with Gasteiger partial charge < -0.3 is 14.0 Å². The molecule has 0 fully saturated rings. The fraction of sp³-hybridized carbons (Fsp3) is 0.789. The van der Waals surface area contributed by atoms with Gasteiger partial charge in [0, 0.05) is 6.08 Å². The number of carbonyl (C=O) groups excluding carboxylic acids is 1. The molecule has 1 aliphatic rings. The van der Waals surface area contributed by atoms with Crippen LogP contribution in [0.15, 0.2) is 11.6 Å². The van der Waals surface area contributed by atoms with Crippen molar-refractivity contribution in [2.24, 2.45) is 0 Å². The van der Waals surface area contributed by atoms with Crippen LogP contribution in [0.1, 0.15) is 41.5 Å². The Bertz CT molecular complexity index is 621. The van der Waals surface area contributed by atoms with Crippen molar-refractivity contribution < 1.29 is 18.8 Å². The molecule has 0 radical (unpaired) electrons. The van der Waals surface area contributed by atoms with Crippen molar-refractivity contribution in [3.63, 3.8) is 0 Å². The monoisotopic (exact) mass is 397 g/mol. The Hall–Kier alpha value is -0.786. The first-order valence-electron chi connectivity index (χ1n) is 9.14. The highest BCUT2D eigenvalue weighted by atomic mass is 28.4. The summed E-state index contributed by atoms with van der Waals surface area (Å²) >= 11 is 0. The average molecular weight is 398 g/mol. The summed E-state index contributed by atoms with van der Waals surface area (Å²) in [4.78, 5) is 12.2. The van der Waals surface area contributed by atoms with Crippen LogP contribution in [0.5, 0.6) is 0 Å². The lowest BCUT2D eigenvalue weighted by Crippen LogP contribution is -2.58. The van der Waals surface area contributed by atoms with Crippen LogP contribution in [-0.4, -0.2) is 45.8 Å². The normalized spacial score (nSPS) is 25.7. The first kappa shape index (κ1) is 23.3. The number of nitrogens with zero attached hydrogens (tertiary/aromatic N) is 1. The molecule has 0 heterocycles. The number of carbonyl (C=O) groups is 1. The highest BCUT2D eigenvalue weighted by Crippen LogP contribution is 2.42. The van der Waals surface area contributed by atoms with Gasteiger partial charge in [-0.1, -0.05) is 41.5 Å². The van der Waals surface area contributed by atoms with E-state index in [0.29, 0.717) is 0 Å². The van der Waals surface area contributed by atoms with E-state index in [0.717, 1.165) is 0 Å². The van der Waals surface area contributed by atoms with Gasteiger partial charge in [0.2, 0.25) is 0 Å². The molecule has 26 heavy (non-hydrogen) atoms. The fourth-order valence-electron chi connectivity index (χ4n) is 2.19. The second-order valence-electron chi connectivity index (χ2n) is 10.2. The van der Waals surface area contributed by atoms with Crippen LogP contribution in [-0.2, 0) is 13.6 Å². The molecule has 1 aliphatic carbocycles. The Morgan fingerprint density at radius 2 is 1.42 bits per heavy atom. The van der Waals surface area contributed by atoms with Gasteiger partial charge >= 0.3 is 0 Å². The van der Waals surface area contributed by atoms with Gasteiger partial charge in [0.15, 0.2) is 22.4 Å². The van der Waals surface area contributed by atoms with E-state index in [1.807, 2.05) is 0 Å². The number of ketones is 1. The Morgan fingerprint density at radius 1 is 1.00 bits per heavy atom. The van der Waals surface area contributed by atoms with Crippen molar-refractivity contribution in [2.75, 3.05) is 0 Å². The maximum atomic E-state index is 12.2. The van der Waals surface area contributed by atoms with E-state index >= 15 is 0 Å². The van der Waals surface area contributed by atoms with E-state index in [9.17, 15) is 15.2 Å². The molecule has 1 N–H and O–H groups in total. The van der Waals surface area contributed by atoms with Crippen molar-refractivity contribution in [1.82, 2.24) is 0 Å². The second-order valence-corrected chi connectivity index (χ2v) is 19.7. The van der Waals surface area contributed by atoms with Gasteiger partial charge in [-0.25, -0.2) is 0 Å². The van der Waals surface area contributed by atoms with Gasteiger partial charge in [0.05, 0.1) is 11.6 Å². The van der Waals surface area contributed by atoms with Crippen molar-refractivity contribution >= 4 is 22.4 Å². The molecule has 0 saturated carbocycles. The van der Waals surface area contributed by atoms with Crippen LogP contribution in [0, 0.1) is 11.3 Å². The lowest BCUT2D eigenvalue weighted by Gasteiger charge is -2.46. The molecule has 148 valence electrons. The van der Waals surface area contributed by atoms with E-state index in [1.54, 1.807) is 0 Å². The molecule has 0 aromatic carbocycles. The molecule has 0 aromatic heterocycles. The van der Waals surface area contributed by atoms with Crippen LogP contribution in [0.25, 0.3) is 0 Å². The van der Waals surface area contributed by atoms with Crippen LogP contribution in [0.2, 0.25) is 36.3 Å². The van der Waals surface area contributed by atoms with Gasteiger partial charge in [-0.15, -0.1) is 0 Å². The summed E-state index contributed by atoms with van der Waals surface area (Å²) in [5, 5.41) is 20.0. The number of rotatable bonds is 4. The molecule has 3 atom stereocenters. The first-order valence-corrected chi connectivity index (χ1v) is 15.0. The van der Waals surface area contributed by atoms with Gasteiger partial charge in [-0.3, -0.25) is 4.79 Å². The summed E-state index contributed by atoms with van der Waals surface area (Å²) in [5.74, 6) is -0.486. The summed E-state index contributed by atoms with van der Waals surface area (Å²) in [6.07, 6.45) is -1.66. The Labute approximate surface area is 160 Å². The van der Waals surface area contributed by atoms with Crippen LogP contribution in [0.4, 0.5) is 0 Å². The van der Waals surface area contributed by atoms with Crippen LogP contribution < -0.4 is 0 Å². The summed E-state index contributed by atoms with van der Waals surface area (Å²) in [7, 11) is -4.53. The minimum atomic E-state index is -2.28. The Balaban J connectivity index is 3.36. The van der Waals surface area contributed by atoms with Crippen molar-refractivity contribution in [3.05, 3.63) is 11.6 Å². The predicted molar refractivity (Wildman–Crippen MR) is 109 cm³/mol. The molecule has 1 rings (SSSR count). The molecule has 0 bridgehead atoms. The van der Waals surface area contributed by atoms with Crippen molar-refractivity contribution in [1.29, 1.82) is 5.26 Å². The van der Waals surface area contributed by atoms with E-state index < -0.39 is 40.7 Å². The molecule has 0 spiro atoms. The highest BCUT2D eigenvalue weighted by molar-refractivity contribution is 6.74. The zero-order chi connectivity index (χ0) is 20.7. The largest absolute Gasteiger partial charge is 0.408 e. The average Bonchev–Trinajstić information content (AvgIpc) is 2.43. The Kier molecular flexibility index (Phi) is 6.55. The molecule has 0 aliphatic heterocycles. The SMILES string of the molecule is CC(C)(C)[Si](C)(C)O[C@H]1[C@H](O)C(=O)C=C(C#N)[C@H]1O[Si](C)(C)C(C)(C)C. The third-order valence-electron chi connectivity index (χ3n) is 6.10. The smallest absolute Gasteiger partial charge is 0.193 e. The number of hydrogen-bond donors (Lipinski definition) is 1. The number of hydrogen-bond acceptors (Lipinski definition) is 5. The van der Waals surface area contributed by atoms with Crippen molar-refractivity contribution in [2.45, 2.75) is 96.1 Å². The first-order chi connectivity index (χ1) is 11.4. The topological polar surface area (TPSA) is 79.5 Å². The molecule has 0 unspecified atom stereocenters. The lowest BCUT2D eigenvalue weighted by atomic mass is 9.91. The Morgan fingerprint density at radius 3 is 1.81 bits per heavy atom. The molecular weight excluding hydrogens is 362 g/mol. The fourth-order valence-corrected chi connectivity index (χ4v) is 4.73. The van der Waals surface area contributed by atoms with Gasteiger partial charge in [-0.05, 0) is 36.3 Å². The van der Waals surface area contributed by atoms with Crippen molar-refractivity contribution in [3.8, 4) is 6.07 Å². The standard InChI is InChI=1S/C19H35NO4Si2/c1-18(2,3)25(7,8)23-16-13(12-20)11-14(21)15(22)17(16)24-26(9,10)19(4,5)6/h11,15-17,22H,1-10H3/t15-,16-,17+/m1/s1. The molecule has 0 amide bonds. The minimum Gasteiger partial charge on any atom is -0.408 e. The maximum absolute atomic E-state index is 12.2.